The third kappa shape index (κ3) is 35.7. The molecule has 2 bridgehead atoms. The number of oxazole rings is 1. The second-order valence-corrected chi connectivity index (χ2v) is 33.2. The molecular weight excluding hydrogens is 1610 g/mol. The first kappa shape index (κ1) is 106. The van der Waals surface area contributed by atoms with Crippen LogP contribution < -0.4 is 11.5 Å². The molecule has 0 unspecified atom stereocenters. The highest BCUT2D eigenvalue weighted by atomic mass is 16.6. The number of rotatable bonds is 40. The van der Waals surface area contributed by atoms with Crippen molar-refractivity contribution in [3.05, 3.63) is 72.1 Å². The Hall–Kier alpha value is -7.67. The number of esters is 2. The van der Waals surface area contributed by atoms with Crippen LogP contribution in [0.1, 0.15) is 198 Å². The van der Waals surface area contributed by atoms with E-state index in [2.05, 4.69) is 21.9 Å². The lowest BCUT2D eigenvalue weighted by molar-refractivity contribution is -0.265. The highest BCUT2D eigenvalue weighted by Crippen LogP contribution is 2.40. The average molecular weight is 1760 g/mol. The molecule has 6 heterocycles. The number of nitrogens with two attached hydrogens (primary N) is 2. The standard InChI is InChI=1S/C58H91NO15.C18H21N7O.C17H34O8/c1-12-28-71-29-18-22-51(61)72-47-26-24-43(33-50(47)69-10)32-39(5)49-35-46(60)38(4)31-41(7)53(63)54(70-11)52(62)40(6)30-36(2)19-14-13-15-20-37(3)48(68-9)34-44-25-23-42(8)58(67,74-44)55(64)56(65)59-27-17-16-21-45(59)57(66)73-49;1-2-3-4-5-8-25-17-14(16(19)21-10-22-17)15(24-25)11-6-7-13-12(9-11)23-18(20)26-13;1-17(18)3-4-20-7-8-22-11-12-24-15-16-25-14-13-23-10-9-21-6-5-19-2/h13-15,19-20,31,36,38-40,42-45,47-50,53-54,63,67H,12,16-18,21-30,32-35H2,1-11H3;6-7,9-10H,2-5,8H2,1H3,(H2,20,23)(H2,19,21,22);3-16H2,1-2H3/b15-13+,19-14+,37-20+,41-31+;;/t36-,38-,39-,40-,42-,43+,44+,45+,47-,48+,49+,50-,53-,54+,58-;;/m1../s1. The van der Waals surface area contributed by atoms with Gasteiger partial charge in [0, 0.05) is 104 Å². The van der Waals surface area contributed by atoms with Gasteiger partial charge in [-0.25, -0.2) is 19.4 Å². The van der Waals surface area contributed by atoms with E-state index in [1.165, 1.54) is 31.2 Å². The molecule has 702 valence electrons. The second kappa shape index (κ2) is 58.0. The number of hydrogen-bond donors (Lipinski definition) is 4. The van der Waals surface area contributed by atoms with Crippen molar-refractivity contribution in [3.63, 3.8) is 0 Å². The van der Waals surface area contributed by atoms with Gasteiger partial charge in [-0.15, -0.1) is 0 Å². The predicted octanol–water partition coefficient (Wildman–Crippen LogP) is 12.0. The number of ether oxygens (including phenoxy) is 14. The molecule has 1 aromatic carbocycles. The number of benzene rings is 1. The smallest absolute Gasteiger partial charge is 0.329 e. The van der Waals surface area contributed by atoms with Gasteiger partial charge in [0.15, 0.2) is 17.0 Å². The van der Waals surface area contributed by atoms with Gasteiger partial charge in [-0.1, -0.05) is 104 Å². The molecule has 32 heteroatoms. The maximum atomic E-state index is 14.6. The number of nitrogen functional groups attached to an aromatic ring is 2. The van der Waals surface area contributed by atoms with Gasteiger partial charge in [-0.05, 0) is 151 Å². The van der Waals surface area contributed by atoms with Gasteiger partial charge in [-0.2, -0.15) is 10.1 Å². The average Bonchev–Trinajstić information content (AvgIpc) is 1.42. The molecular formula is C93H146N8O24. The van der Waals surface area contributed by atoms with Crippen LogP contribution in [0.2, 0.25) is 0 Å². The minimum Gasteiger partial charge on any atom is -0.460 e. The number of methoxy groups -OCH3 is 4. The summed E-state index contributed by atoms with van der Waals surface area (Å²) in [7, 11) is 6.18. The number of cyclic esters (lactones) is 1. The summed E-state index contributed by atoms with van der Waals surface area (Å²) in [6.07, 6.45) is 19.2. The van der Waals surface area contributed by atoms with Crippen molar-refractivity contribution >= 4 is 74.9 Å². The molecule has 1 saturated carbocycles. The van der Waals surface area contributed by atoms with Crippen LogP contribution in [-0.4, -0.2) is 269 Å². The van der Waals surface area contributed by atoms with Crippen molar-refractivity contribution in [2.45, 2.75) is 259 Å². The monoisotopic (exact) mass is 1760 g/mol. The van der Waals surface area contributed by atoms with Crippen molar-refractivity contribution < 1.29 is 115 Å². The zero-order valence-electron chi connectivity index (χ0n) is 76.7. The van der Waals surface area contributed by atoms with Crippen molar-refractivity contribution in [2.75, 3.05) is 146 Å². The predicted molar refractivity (Wildman–Crippen MR) is 473 cm³/mol. The summed E-state index contributed by atoms with van der Waals surface area (Å²) >= 11 is 0. The zero-order chi connectivity index (χ0) is 91.2. The van der Waals surface area contributed by atoms with E-state index in [-0.39, 0.29) is 79.0 Å². The molecule has 32 nitrogen and oxygen atoms in total. The number of fused-ring (bicyclic) bond motifs is 5. The van der Waals surface area contributed by atoms with Gasteiger partial charge in [0.1, 0.15) is 65.4 Å². The number of anilines is 2. The van der Waals surface area contributed by atoms with Crippen molar-refractivity contribution in [2.24, 2.45) is 35.5 Å². The lowest BCUT2D eigenvalue weighted by Crippen LogP contribution is -2.61. The number of unbranched alkanes of at least 4 members (excludes halogenated alkanes) is 3. The van der Waals surface area contributed by atoms with Crippen LogP contribution >= 0.6 is 0 Å². The summed E-state index contributed by atoms with van der Waals surface area (Å²) in [6.45, 7) is 27.3. The van der Waals surface area contributed by atoms with E-state index < -0.39 is 83.9 Å². The Morgan fingerprint density at radius 2 is 1.37 bits per heavy atom. The molecule has 4 aliphatic rings. The van der Waals surface area contributed by atoms with E-state index in [9.17, 15) is 43.8 Å². The zero-order valence-corrected chi connectivity index (χ0v) is 76.7. The van der Waals surface area contributed by atoms with Gasteiger partial charge in [0.2, 0.25) is 5.79 Å². The number of aryl methyl sites for hydroxylation is 1. The topological polar surface area (TPSA) is 414 Å². The van der Waals surface area contributed by atoms with Gasteiger partial charge in [0.25, 0.3) is 17.7 Å². The Morgan fingerprint density at radius 1 is 0.696 bits per heavy atom. The first-order chi connectivity index (χ1) is 60.1. The Kier molecular flexibility index (Phi) is 49.2. The molecule has 8 rings (SSSR count). The van der Waals surface area contributed by atoms with Crippen LogP contribution in [0.4, 0.5) is 11.8 Å². The second-order valence-electron chi connectivity index (χ2n) is 33.2. The third-order valence-corrected chi connectivity index (χ3v) is 23.1. The highest BCUT2D eigenvalue weighted by Gasteiger charge is 2.53. The number of hydrogen-bond acceptors (Lipinski definition) is 30. The fourth-order valence-corrected chi connectivity index (χ4v) is 15.8. The number of nitrogens with zero attached hydrogens (tertiary/aromatic N) is 6. The van der Waals surface area contributed by atoms with Crippen molar-refractivity contribution in [1.29, 1.82) is 0 Å². The summed E-state index contributed by atoms with van der Waals surface area (Å²) in [6, 6.07) is 4.62. The van der Waals surface area contributed by atoms with E-state index in [1.807, 2.05) is 87.9 Å². The molecule has 0 radical (unpaired) electrons. The van der Waals surface area contributed by atoms with E-state index in [4.69, 9.17) is 87.3 Å². The van der Waals surface area contributed by atoms with Crippen LogP contribution in [0.25, 0.3) is 33.4 Å². The van der Waals surface area contributed by atoms with Gasteiger partial charge < -0.3 is 97.3 Å². The van der Waals surface area contributed by atoms with Crippen molar-refractivity contribution in [1.82, 2.24) is 29.6 Å². The number of Topliss-reactive ketones (excluding diaryl/α,β-unsaturated/α-hetero) is 4. The lowest BCUT2D eigenvalue weighted by atomic mass is 9.78. The van der Waals surface area contributed by atoms with Gasteiger partial charge >= 0.3 is 11.9 Å². The molecule has 2 saturated heterocycles. The lowest BCUT2D eigenvalue weighted by Gasteiger charge is -2.42. The van der Waals surface area contributed by atoms with Crippen LogP contribution in [0.5, 0.6) is 0 Å². The van der Waals surface area contributed by atoms with Gasteiger partial charge in [-0.3, -0.25) is 28.8 Å². The number of carbonyl (C=O) groups excluding carboxylic acids is 7. The largest absolute Gasteiger partial charge is 0.460 e. The van der Waals surface area contributed by atoms with E-state index >= 15 is 0 Å². The van der Waals surface area contributed by atoms with E-state index in [1.54, 1.807) is 55.1 Å². The molecule has 0 spiro atoms. The van der Waals surface area contributed by atoms with Crippen LogP contribution in [0.3, 0.4) is 0 Å². The Labute approximate surface area is 738 Å². The quantitative estimate of drug-likeness (QED) is 0.0139. The molecule has 3 aromatic heterocycles. The highest BCUT2D eigenvalue weighted by molar-refractivity contribution is 6.39. The summed E-state index contributed by atoms with van der Waals surface area (Å²) in [5.74, 6) is -7.98. The van der Waals surface area contributed by atoms with E-state index in [0.29, 0.717) is 199 Å². The van der Waals surface area contributed by atoms with Gasteiger partial charge in [0.05, 0.1) is 110 Å². The summed E-state index contributed by atoms with van der Waals surface area (Å²) in [5.41, 5.74) is 16.7. The molecule has 1 amide bonds. The Morgan fingerprint density at radius 3 is 2.01 bits per heavy atom. The Bertz CT molecular complexity index is 4020. The molecule has 15 atom stereocenters. The maximum absolute atomic E-state index is 14.6. The summed E-state index contributed by atoms with van der Waals surface area (Å²) in [4.78, 5) is 109. The maximum Gasteiger partial charge on any atom is 0.329 e. The summed E-state index contributed by atoms with van der Waals surface area (Å²) in [5, 5.41) is 29.1. The Balaban J connectivity index is 0.000000379. The number of aromatic nitrogens is 5. The number of carbonyl (C=O) groups is 7. The third-order valence-electron chi connectivity index (χ3n) is 23.1. The summed E-state index contributed by atoms with van der Waals surface area (Å²) < 4.78 is 85.3. The van der Waals surface area contributed by atoms with Crippen molar-refractivity contribution in [3.8, 4) is 11.3 Å². The minimum atomic E-state index is -2.45. The molecule has 125 heavy (non-hydrogen) atoms. The number of ketones is 4. The number of piperidine rings is 1. The minimum absolute atomic E-state index is 0.00633. The number of aliphatic hydroxyl groups excluding tert-OH is 1. The number of amides is 1. The van der Waals surface area contributed by atoms with Crippen LogP contribution in [0.15, 0.2) is 76.5 Å². The van der Waals surface area contributed by atoms with Crippen LogP contribution in [0, 0.1) is 35.5 Å². The number of aliphatic hydroxyl groups is 2. The normalized spacial score (nSPS) is 26.4. The molecule has 1 aliphatic carbocycles. The SMILES string of the molecule is CCCCCCn1nc(-c2ccc3oc(N)nc3c2)c2c(N)ncnc21.CCCOCCCC(=O)O[C@@H]1CC[C@@H](C[C@@H](C)[C@@H]2CC(=O)[C@H](C)/C=C(\C)[C@@H](O)[C@@H](OC)C(=O)[C@H](C)C[C@H](C)/C=C/C=C/C=C(\C)[C@@H](OC)C[C@@H]3CC[C@@H](C)[C@@](O)(O3)C(=O)C(=O)N3CCCC[C@H]3C(=O)O2)C[C@H]1OC.COCCOCCOCCOCCOCCOCCOCCC(C)=O. The first-order valence-corrected chi connectivity index (χ1v) is 45.0. The molecule has 6 N–H and O–H groups in total. The fourth-order valence-electron chi connectivity index (χ4n) is 15.8. The van der Waals surface area contributed by atoms with E-state index in [0.717, 1.165) is 53.7 Å². The molecule has 3 aliphatic heterocycles. The first-order valence-electron chi connectivity index (χ1n) is 45.0. The molecule has 3 fully saturated rings. The fraction of sp³-hybridized carbons (Fsp3) is 0.710. The number of allylic oxidation sites excluding steroid dienone is 6. The molecule has 4 aromatic rings. The van der Waals surface area contributed by atoms with Crippen LogP contribution in [-0.2, 0) is 106 Å².